The highest BCUT2D eigenvalue weighted by atomic mass is 35.5. The van der Waals surface area contributed by atoms with Gasteiger partial charge in [0.05, 0.1) is 15.7 Å². The first-order valence-corrected chi connectivity index (χ1v) is 9.15. The summed E-state index contributed by atoms with van der Waals surface area (Å²) < 4.78 is 18.9. The molecule has 0 amide bonds. The number of rotatable bonds is 5. The van der Waals surface area contributed by atoms with Crippen LogP contribution in [0.2, 0.25) is 10.0 Å². The molecule has 0 saturated carbocycles. The SMILES string of the molecule is Cc1ccc(N=Cc2cc(Cl)c(OCc3cccc(F)c3)c(Cl)c2)c(C)c1. The number of nitrogens with zero attached hydrogens (tertiary/aromatic N) is 1. The fraction of sp³-hybridized carbons (Fsp3) is 0.136. The van der Waals surface area contributed by atoms with Gasteiger partial charge in [0.25, 0.3) is 0 Å². The van der Waals surface area contributed by atoms with Gasteiger partial charge in [0.1, 0.15) is 12.4 Å². The Labute approximate surface area is 168 Å². The smallest absolute Gasteiger partial charge is 0.157 e. The van der Waals surface area contributed by atoms with E-state index in [1.54, 1.807) is 30.5 Å². The van der Waals surface area contributed by atoms with Crippen molar-refractivity contribution in [2.24, 2.45) is 4.99 Å². The molecule has 3 aromatic rings. The summed E-state index contributed by atoms with van der Waals surface area (Å²) in [7, 11) is 0. The summed E-state index contributed by atoms with van der Waals surface area (Å²) in [5.74, 6) is 0.0533. The van der Waals surface area contributed by atoms with E-state index < -0.39 is 0 Å². The molecule has 0 unspecified atom stereocenters. The highest BCUT2D eigenvalue weighted by Gasteiger charge is 2.10. The molecule has 27 heavy (non-hydrogen) atoms. The van der Waals surface area contributed by atoms with Crippen molar-refractivity contribution < 1.29 is 9.13 Å². The molecule has 3 rings (SSSR count). The van der Waals surface area contributed by atoms with Crippen LogP contribution in [0, 0.1) is 19.7 Å². The summed E-state index contributed by atoms with van der Waals surface area (Å²) in [6.07, 6.45) is 1.71. The third-order valence-corrected chi connectivity index (χ3v) is 4.56. The van der Waals surface area contributed by atoms with Crippen molar-refractivity contribution in [3.8, 4) is 5.75 Å². The van der Waals surface area contributed by atoms with Crippen LogP contribution in [0.25, 0.3) is 0 Å². The first-order chi connectivity index (χ1) is 12.9. The minimum atomic E-state index is -0.314. The normalized spacial score (nSPS) is 11.1. The first-order valence-electron chi connectivity index (χ1n) is 8.40. The quantitative estimate of drug-likeness (QED) is 0.418. The predicted molar refractivity (Wildman–Crippen MR) is 110 cm³/mol. The number of benzene rings is 3. The van der Waals surface area contributed by atoms with Crippen LogP contribution >= 0.6 is 23.2 Å². The molecule has 0 radical (unpaired) electrons. The average molecular weight is 402 g/mol. The summed E-state index contributed by atoms with van der Waals surface area (Å²) in [5, 5.41) is 0.752. The molecule has 0 aliphatic rings. The van der Waals surface area contributed by atoms with Gasteiger partial charge in [-0.3, -0.25) is 4.99 Å². The van der Waals surface area contributed by atoms with Crippen molar-refractivity contribution in [3.63, 3.8) is 0 Å². The van der Waals surface area contributed by atoms with Crippen molar-refractivity contribution in [2.45, 2.75) is 20.5 Å². The largest absolute Gasteiger partial charge is 0.486 e. The Morgan fingerprint density at radius 2 is 1.74 bits per heavy atom. The van der Waals surface area contributed by atoms with Crippen LogP contribution in [-0.4, -0.2) is 6.21 Å². The fourth-order valence-corrected chi connectivity index (χ4v) is 3.28. The predicted octanol–water partition coefficient (Wildman–Crippen LogP) is 7.08. The monoisotopic (exact) mass is 401 g/mol. The third-order valence-electron chi connectivity index (χ3n) is 4.00. The molecule has 0 saturated heterocycles. The van der Waals surface area contributed by atoms with Gasteiger partial charge < -0.3 is 4.74 Å². The van der Waals surface area contributed by atoms with Gasteiger partial charge in [-0.2, -0.15) is 0 Å². The summed E-state index contributed by atoms with van der Waals surface area (Å²) >= 11 is 12.6. The van der Waals surface area contributed by atoms with E-state index in [-0.39, 0.29) is 12.4 Å². The highest BCUT2D eigenvalue weighted by molar-refractivity contribution is 6.37. The molecule has 0 atom stereocenters. The molecule has 0 N–H and O–H groups in total. The number of ether oxygens (including phenoxy) is 1. The molecule has 2 nitrogen and oxygen atoms in total. The molecule has 0 aliphatic carbocycles. The van der Waals surface area contributed by atoms with Gasteiger partial charge in [-0.25, -0.2) is 4.39 Å². The summed E-state index contributed by atoms with van der Waals surface area (Å²) in [5.41, 5.74) is 4.64. The van der Waals surface area contributed by atoms with E-state index in [4.69, 9.17) is 27.9 Å². The lowest BCUT2D eigenvalue weighted by atomic mass is 10.1. The lowest BCUT2D eigenvalue weighted by Gasteiger charge is -2.11. The fourth-order valence-electron chi connectivity index (χ4n) is 2.67. The van der Waals surface area contributed by atoms with Gasteiger partial charge in [-0.05, 0) is 60.9 Å². The van der Waals surface area contributed by atoms with Gasteiger partial charge in [0.2, 0.25) is 0 Å². The maximum absolute atomic E-state index is 13.3. The van der Waals surface area contributed by atoms with E-state index in [1.165, 1.54) is 17.7 Å². The van der Waals surface area contributed by atoms with Crippen molar-refractivity contribution in [3.05, 3.63) is 92.7 Å². The summed E-state index contributed by atoms with van der Waals surface area (Å²) in [6, 6.07) is 15.7. The third kappa shape index (κ3) is 5.09. The van der Waals surface area contributed by atoms with Crippen LogP contribution in [0.15, 0.2) is 59.6 Å². The van der Waals surface area contributed by atoms with Gasteiger partial charge in [0.15, 0.2) is 5.75 Å². The topological polar surface area (TPSA) is 21.6 Å². The van der Waals surface area contributed by atoms with Crippen molar-refractivity contribution in [2.75, 3.05) is 0 Å². The Hall–Kier alpha value is -2.36. The van der Waals surface area contributed by atoms with Gasteiger partial charge in [-0.1, -0.05) is 53.0 Å². The van der Waals surface area contributed by atoms with E-state index >= 15 is 0 Å². The molecule has 5 heteroatoms. The van der Waals surface area contributed by atoms with E-state index in [1.807, 2.05) is 26.0 Å². The number of halogens is 3. The molecule has 0 aromatic heterocycles. The van der Waals surface area contributed by atoms with Crippen LogP contribution in [0.4, 0.5) is 10.1 Å². The average Bonchev–Trinajstić information content (AvgIpc) is 2.60. The standard InChI is InChI=1S/C22H18Cl2FNO/c1-14-6-7-21(15(2)8-14)26-12-17-10-19(23)22(20(24)11-17)27-13-16-4-3-5-18(25)9-16/h3-12H,13H2,1-2H3. The van der Waals surface area contributed by atoms with Crippen molar-refractivity contribution in [1.29, 1.82) is 0 Å². The minimum Gasteiger partial charge on any atom is -0.486 e. The molecule has 138 valence electrons. The Kier molecular flexibility index (Phi) is 6.15. The van der Waals surface area contributed by atoms with Crippen LogP contribution in [-0.2, 0) is 6.61 Å². The molecule has 3 aromatic carbocycles. The second-order valence-corrected chi connectivity index (χ2v) is 7.09. The number of aliphatic imine (C=N–C) groups is 1. The van der Waals surface area contributed by atoms with E-state index in [2.05, 4.69) is 11.1 Å². The minimum absolute atomic E-state index is 0.174. The molecular formula is C22H18Cl2FNO. The lowest BCUT2D eigenvalue weighted by molar-refractivity contribution is 0.306. The molecule has 0 heterocycles. The zero-order valence-electron chi connectivity index (χ0n) is 15.0. The number of aryl methyl sites for hydroxylation is 2. The summed E-state index contributed by atoms with van der Waals surface area (Å²) in [6.45, 7) is 4.23. The Balaban J connectivity index is 1.77. The molecule has 0 aliphatic heterocycles. The molecule has 0 fully saturated rings. The van der Waals surface area contributed by atoms with Crippen LogP contribution in [0.1, 0.15) is 22.3 Å². The van der Waals surface area contributed by atoms with E-state index in [0.29, 0.717) is 21.4 Å². The second-order valence-electron chi connectivity index (χ2n) is 6.28. The Morgan fingerprint density at radius 3 is 2.41 bits per heavy atom. The molecule has 0 bridgehead atoms. The van der Waals surface area contributed by atoms with E-state index in [0.717, 1.165) is 16.8 Å². The van der Waals surface area contributed by atoms with Crippen LogP contribution < -0.4 is 4.74 Å². The van der Waals surface area contributed by atoms with E-state index in [9.17, 15) is 4.39 Å². The first kappa shape index (κ1) is 19.4. The maximum atomic E-state index is 13.3. The zero-order chi connectivity index (χ0) is 19.4. The highest BCUT2D eigenvalue weighted by Crippen LogP contribution is 2.34. The van der Waals surface area contributed by atoms with Gasteiger partial charge in [-0.15, -0.1) is 0 Å². The Morgan fingerprint density at radius 1 is 1.00 bits per heavy atom. The van der Waals surface area contributed by atoms with Gasteiger partial charge in [0, 0.05) is 6.21 Å². The van der Waals surface area contributed by atoms with Crippen molar-refractivity contribution >= 4 is 35.1 Å². The lowest BCUT2D eigenvalue weighted by Crippen LogP contribution is -1.98. The second kappa shape index (κ2) is 8.55. The Bertz CT molecular complexity index is 978. The number of hydrogen-bond acceptors (Lipinski definition) is 2. The van der Waals surface area contributed by atoms with Crippen LogP contribution in [0.3, 0.4) is 0 Å². The molecule has 0 spiro atoms. The molecular weight excluding hydrogens is 384 g/mol. The maximum Gasteiger partial charge on any atom is 0.157 e. The van der Waals surface area contributed by atoms with Crippen LogP contribution in [0.5, 0.6) is 5.75 Å². The van der Waals surface area contributed by atoms with Gasteiger partial charge >= 0.3 is 0 Å². The zero-order valence-corrected chi connectivity index (χ0v) is 16.5. The van der Waals surface area contributed by atoms with Crippen molar-refractivity contribution in [1.82, 2.24) is 0 Å². The number of hydrogen-bond donors (Lipinski definition) is 0. The summed E-state index contributed by atoms with van der Waals surface area (Å²) in [4.78, 5) is 4.51.